The molecule has 1 fully saturated rings. The molecule has 0 saturated carbocycles. The van der Waals surface area contributed by atoms with Crippen LogP contribution >= 0.6 is 11.6 Å². The predicted molar refractivity (Wildman–Crippen MR) is 102 cm³/mol. The van der Waals surface area contributed by atoms with Crippen molar-refractivity contribution in [1.82, 2.24) is 14.9 Å². The zero-order chi connectivity index (χ0) is 18.5. The van der Waals surface area contributed by atoms with Gasteiger partial charge in [-0.2, -0.15) is 0 Å². The fourth-order valence-electron chi connectivity index (χ4n) is 2.64. The first kappa shape index (κ1) is 18.4. The lowest BCUT2D eigenvalue weighted by atomic mass is 10.3. The van der Waals surface area contributed by atoms with Gasteiger partial charge in [-0.15, -0.1) is 0 Å². The second kappa shape index (κ2) is 8.33. The summed E-state index contributed by atoms with van der Waals surface area (Å²) in [5, 5.41) is 3.24. The standard InChI is InChI=1S/C18H22ClN5O2/c1-13(26-15-6-4-3-5-14(15)19)18(25)22-16-11-17(21-12-20-16)24-9-7-23(2)8-10-24/h3-6,11-13H,7-10H2,1-2H3,(H,20,21,22,25). The highest BCUT2D eigenvalue weighted by molar-refractivity contribution is 6.32. The van der Waals surface area contributed by atoms with E-state index in [1.54, 1.807) is 37.3 Å². The third-order valence-electron chi connectivity index (χ3n) is 4.24. The number of hydrogen-bond acceptors (Lipinski definition) is 6. The summed E-state index contributed by atoms with van der Waals surface area (Å²) in [4.78, 5) is 25.3. The van der Waals surface area contributed by atoms with E-state index in [2.05, 4.69) is 32.1 Å². The van der Waals surface area contributed by atoms with E-state index in [1.807, 2.05) is 0 Å². The fraction of sp³-hybridized carbons (Fsp3) is 0.389. The summed E-state index contributed by atoms with van der Waals surface area (Å²) >= 11 is 6.06. The minimum Gasteiger partial charge on any atom is -0.479 e. The van der Waals surface area contributed by atoms with Crippen LogP contribution in [0.1, 0.15) is 6.92 Å². The molecular weight excluding hydrogens is 354 g/mol. The van der Waals surface area contributed by atoms with Gasteiger partial charge in [0.05, 0.1) is 5.02 Å². The van der Waals surface area contributed by atoms with Gasteiger partial charge in [0.15, 0.2) is 6.10 Å². The Labute approximate surface area is 157 Å². The Morgan fingerprint density at radius 2 is 1.96 bits per heavy atom. The van der Waals surface area contributed by atoms with Crippen molar-refractivity contribution in [2.24, 2.45) is 0 Å². The van der Waals surface area contributed by atoms with Crippen LogP contribution < -0.4 is 15.0 Å². The van der Waals surface area contributed by atoms with Crippen LogP contribution in [0.5, 0.6) is 5.75 Å². The molecule has 1 saturated heterocycles. The number of aromatic nitrogens is 2. The summed E-state index contributed by atoms with van der Waals surface area (Å²) in [5.74, 6) is 1.43. The molecule has 26 heavy (non-hydrogen) atoms. The maximum atomic E-state index is 12.4. The van der Waals surface area contributed by atoms with E-state index in [4.69, 9.17) is 16.3 Å². The molecule has 3 rings (SSSR count). The Balaban J connectivity index is 1.62. The molecule has 1 unspecified atom stereocenters. The van der Waals surface area contributed by atoms with Crippen molar-refractivity contribution in [2.75, 3.05) is 43.4 Å². The van der Waals surface area contributed by atoms with Crippen molar-refractivity contribution in [3.05, 3.63) is 41.7 Å². The summed E-state index contributed by atoms with van der Waals surface area (Å²) in [6.45, 7) is 5.42. The number of piperazine rings is 1. The lowest BCUT2D eigenvalue weighted by Crippen LogP contribution is -2.44. The average molecular weight is 376 g/mol. The van der Waals surface area contributed by atoms with Crippen LogP contribution in [0.4, 0.5) is 11.6 Å². The Morgan fingerprint density at radius 1 is 1.23 bits per heavy atom. The number of para-hydroxylation sites is 1. The van der Waals surface area contributed by atoms with Crippen LogP contribution in [-0.2, 0) is 4.79 Å². The van der Waals surface area contributed by atoms with Gasteiger partial charge in [0.25, 0.3) is 5.91 Å². The molecule has 7 nitrogen and oxygen atoms in total. The van der Waals surface area contributed by atoms with Crippen LogP contribution in [-0.4, -0.2) is 60.1 Å². The summed E-state index contributed by atoms with van der Waals surface area (Å²) in [6.07, 6.45) is 0.750. The number of halogens is 1. The molecular formula is C18H22ClN5O2. The maximum Gasteiger partial charge on any atom is 0.266 e. The molecule has 0 radical (unpaired) electrons. The lowest BCUT2D eigenvalue weighted by Gasteiger charge is -2.33. The van der Waals surface area contributed by atoms with E-state index in [1.165, 1.54) is 6.33 Å². The van der Waals surface area contributed by atoms with E-state index < -0.39 is 6.10 Å². The third-order valence-corrected chi connectivity index (χ3v) is 4.55. The Bertz CT molecular complexity index is 765. The van der Waals surface area contributed by atoms with Crippen LogP contribution in [0.2, 0.25) is 5.02 Å². The highest BCUT2D eigenvalue weighted by Crippen LogP contribution is 2.24. The first-order valence-electron chi connectivity index (χ1n) is 8.50. The number of nitrogens with one attached hydrogen (secondary N) is 1. The highest BCUT2D eigenvalue weighted by atomic mass is 35.5. The topological polar surface area (TPSA) is 70.6 Å². The van der Waals surface area contributed by atoms with Crippen molar-refractivity contribution in [3.63, 3.8) is 0 Å². The maximum absolute atomic E-state index is 12.4. The molecule has 1 aliphatic rings. The zero-order valence-corrected chi connectivity index (χ0v) is 15.6. The van der Waals surface area contributed by atoms with Gasteiger partial charge in [0.1, 0.15) is 23.7 Å². The number of ether oxygens (including phenoxy) is 1. The predicted octanol–water partition coefficient (Wildman–Crippen LogP) is 2.29. The second-order valence-corrected chi connectivity index (χ2v) is 6.64. The molecule has 1 aromatic heterocycles. The largest absolute Gasteiger partial charge is 0.479 e. The van der Waals surface area contributed by atoms with Crippen molar-refractivity contribution >= 4 is 29.1 Å². The molecule has 8 heteroatoms. The zero-order valence-electron chi connectivity index (χ0n) is 14.9. The highest BCUT2D eigenvalue weighted by Gasteiger charge is 2.19. The first-order valence-corrected chi connectivity index (χ1v) is 8.88. The third kappa shape index (κ3) is 4.62. The van der Waals surface area contributed by atoms with E-state index in [0.29, 0.717) is 16.6 Å². The van der Waals surface area contributed by atoms with Gasteiger partial charge in [-0.25, -0.2) is 9.97 Å². The van der Waals surface area contributed by atoms with Crippen LogP contribution in [0.15, 0.2) is 36.7 Å². The van der Waals surface area contributed by atoms with Crippen molar-refractivity contribution in [2.45, 2.75) is 13.0 Å². The molecule has 0 spiro atoms. The van der Waals surface area contributed by atoms with E-state index in [-0.39, 0.29) is 5.91 Å². The lowest BCUT2D eigenvalue weighted by molar-refractivity contribution is -0.122. The van der Waals surface area contributed by atoms with Crippen LogP contribution in [0.25, 0.3) is 0 Å². The van der Waals surface area contributed by atoms with Gasteiger partial charge < -0.3 is 19.9 Å². The number of nitrogens with zero attached hydrogens (tertiary/aromatic N) is 4. The Morgan fingerprint density at radius 3 is 2.69 bits per heavy atom. The minimum absolute atomic E-state index is 0.298. The van der Waals surface area contributed by atoms with Gasteiger partial charge >= 0.3 is 0 Å². The number of hydrogen-bond donors (Lipinski definition) is 1. The monoisotopic (exact) mass is 375 g/mol. The Kier molecular flexibility index (Phi) is 5.90. The van der Waals surface area contributed by atoms with Crippen LogP contribution in [0, 0.1) is 0 Å². The molecule has 1 atom stereocenters. The quantitative estimate of drug-likeness (QED) is 0.864. The molecule has 2 aromatic rings. The van der Waals surface area contributed by atoms with Gasteiger partial charge in [-0.1, -0.05) is 23.7 Å². The molecule has 138 valence electrons. The number of carbonyl (C=O) groups excluding carboxylic acids is 1. The molecule has 2 heterocycles. The van der Waals surface area contributed by atoms with Crippen molar-refractivity contribution < 1.29 is 9.53 Å². The molecule has 1 N–H and O–H groups in total. The van der Waals surface area contributed by atoms with Crippen molar-refractivity contribution in [1.29, 1.82) is 0 Å². The number of rotatable bonds is 5. The molecule has 1 aliphatic heterocycles. The summed E-state index contributed by atoms with van der Waals surface area (Å²) < 4.78 is 5.63. The first-order chi connectivity index (χ1) is 12.5. The SMILES string of the molecule is CC(Oc1ccccc1Cl)C(=O)Nc1cc(N2CCN(C)CC2)ncn1. The smallest absolute Gasteiger partial charge is 0.266 e. The van der Waals surface area contributed by atoms with Gasteiger partial charge in [-0.05, 0) is 26.1 Å². The van der Waals surface area contributed by atoms with Gasteiger partial charge in [0, 0.05) is 32.2 Å². The number of likely N-dealkylation sites (N-methyl/N-ethyl adjacent to an activating group) is 1. The number of amides is 1. The minimum atomic E-state index is -0.711. The normalized spacial score (nSPS) is 16.2. The summed E-state index contributed by atoms with van der Waals surface area (Å²) in [7, 11) is 2.10. The molecule has 0 aliphatic carbocycles. The van der Waals surface area contributed by atoms with E-state index in [9.17, 15) is 4.79 Å². The van der Waals surface area contributed by atoms with Crippen LogP contribution in [0.3, 0.4) is 0 Å². The number of benzene rings is 1. The molecule has 0 bridgehead atoms. The van der Waals surface area contributed by atoms with Gasteiger partial charge in [0.2, 0.25) is 0 Å². The van der Waals surface area contributed by atoms with E-state index >= 15 is 0 Å². The second-order valence-electron chi connectivity index (χ2n) is 6.23. The summed E-state index contributed by atoms with van der Waals surface area (Å²) in [6, 6.07) is 8.83. The Hall–Kier alpha value is -2.38. The fourth-order valence-corrected chi connectivity index (χ4v) is 2.82. The van der Waals surface area contributed by atoms with E-state index in [0.717, 1.165) is 32.0 Å². The number of anilines is 2. The van der Waals surface area contributed by atoms with Crippen molar-refractivity contribution in [3.8, 4) is 5.75 Å². The molecule has 1 aromatic carbocycles. The average Bonchev–Trinajstić information content (AvgIpc) is 2.64. The number of carbonyl (C=O) groups is 1. The summed E-state index contributed by atoms with van der Waals surface area (Å²) in [5.41, 5.74) is 0. The molecule has 1 amide bonds. The van der Waals surface area contributed by atoms with Gasteiger partial charge in [-0.3, -0.25) is 4.79 Å².